The van der Waals surface area contributed by atoms with E-state index in [1.54, 1.807) is 12.1 Å². The number of hydrogen-bond acceptors (Lipinski definition) is 5. The highest BCUT2D eigenvalue weighted by Crippen LogP contribution is 2.40. The quantitative estimate of drug-likeness (QED) is 0.368. The Kier molecular flexibility index (Phi) is 6.35. The molecule has 6 nitrogen and oxygen atoms in total. The van der Waals surface area contributed by atoms with Gasteiger partial charge in [0.1, 0.15) is 10.8 Å². The molecule has 0 aromatic carbocycles. The van der Waals surface area contributed by atoms with Gasteiger partial charge in [0.15, 0.2) is 0 Å². The van der Waals surface area contributed by atoms with Crippen LogP contribution < -0.4 is 4.90 Å². The standard InChI is InChI=1S/C26H30Cl2FN5O/c1-15-5-7-16(8-6-15)14-34-24-19(31-26(34)33-9-10-35-21-4-2-3-20(21)33)12-22(28)32-23(24)18-11-17(27)13-30-25(18)29/h11-13,15-16,20-21H,2-10,14H2,1H3/t15?,16?,20-,21-/m0/s1. The third-order valence-electron chi connectivity index (χ3n) is 8.05. The summed E-state index contributed by atoms with van der Waals surface area (Å²) in [6.45, 7) is 4.63. The molecule has 186 valence electrons. The maximum Gasteiger partial charge on any atom is 0.222 e. The van der Waals surface area contributed by atoms with Crippen molar-refractivity contribution >= 4 is 40.2 Å². The fourth-order valence-electron chi connectivity index (χ4n) is 6.23. The molecule has 6 rings (SSSR count). The van der Waals surface area contributed by atoms with Crippen LogP contribution in [0.4, 0.5) is 10.3 Å². The molecule has 0 radical (unpaired) electrons. The van der Waals surface area contributed by atoms with Crippen LogP contribution in [0.1, 0.15) is 51.9 Å². The fraction of sp³-hybridized carbons (Fsp3) is 0.577. The minimum absolute atomic E-state index is 0.239. The SMILES string of the molecule is CC1CCC(Cn2c(N3CCO[C@H]4CCC[C@@H]43)nc3cc(Cl)nc(-c4cc(Cl)cnc4F)c32)CC1. The van der Waals surface area contributed by atoms with Crippen molar-refractivity contribution in [3.63, 3.8) is 0 Å². The number of rotatable bonds is 4. The van der Waals surface area contributed by atoms with Gasteiger partial charge in [0, 0.05) is 25.4 Å². The number of ether oxygens (including phenoxy) is 1. The first-order chi connectivity index (χ1) is 17.0. The summed E-state index contributed by atoms with van der Waals surface area (Å²) in [6, 6.07) is 3.66. The van der Waals surface area contributed by atoms with Crippen molar-refractivity contribution < 1.29 is 9.13 Å². The molecule has 0 N–H and O–H groups in total. The number of aromatic nitrogens is 4. The first-order valence-electron chi connectivity index (χ1n) is 12.7. The Morgan fingerprint density at radius 2 is 1.91 bits per heavy atom. The molecule has 4 heterocycles. The van der Waals surface area contributed by atoms with Gasteiger partial charge < -0.3 is 14.2 Å². The van der Waals surface area contributed by atoms with Crippen molar-refractivity contribution in [2.45, 2.75) is 70.6 Å². The van der Waals surface area contributed by atoms with E-state index in [4.69, 9.17) is 32.9 Å². The fourth-order valence-corrected chi connectivity index (χ4v) is 6.57. The average molecular weight is 518 g/mol. The van der Waals surface area contributed by atoms with Gasteiger partial charge in [0.25, 0.3) is 0 Å². The normalized spacial score (nSPS) is 26.9. The molecule has 35 heavy (non-hydrogen) atoms. The van der Waals surface area contributed by atoms with Crippen LogP contribution in [0.2, 0.25) is 10.2 Å². The number of imidazole rings is 1. The molecule has 0 amide bonds. The molecule has 1 aliphatic heterocycles. The van der Waals surface area contributed by atoms with Gasteiger partial charge >= 0.3 is 0 Å². The largest absolute Gasteiger partial charge is 0.374 e. The Balaban J connectivity index is 1.53. The van der Waals surface area contributed by atoms with Crippen molar-refractivity contribution in [3.05, 3.63) is 34.5 Å². The Morgan fingerprint density at radius 3 is 2.74 bits per heavy atom. The Bertz CT molecular complexity index is 1240. The van der Waals surface area contributed by atoms with E-state index in [0.29, 0.717) is 29.3 Å². The van der Waals surface area contributed by atoms with Crippen LogP contribution in [0.15, 0.2) is 18.3 Å². The zero-order valence-corrected chi connectivity index (χ0v) is 21.4. The highest BCUT2D eigenvalue weighted by Gasteiger charge is 2.39. The topological polar surface area (TPSA) is 56.1 Å². The maximum absolute atomic E-state index is 15.0. The van der Waals surface area contributed by atoms with E-state index in [-0.39, 0.29) is 16.8 Å². The lowest BCUT2D eigenvalue weighted by molar-refractivity contribution is 0.0247. The van der Waals surface area contributed by atoms with Gasteiger partial charge in [-0.15, -0.1) is 0 Å². The molecule has 2 saturated carbocycles. The lowest BCUT2D eigenvalue weighted by Crippen LogP contribution is -2.49. The summed E-state index contributed by atoms with van der Waals surface area (Å²) < 4.78 is 23.3. The number of anilines is 1. The highest BCUT2D eigenvalue weighted by molar-refractivity contribution is 6.31. The highest BCUT2D eigenvalue weighted by atomic mass is 35.5. The lowest BCUT2D eigenvalue weighted by Gasteiger charge is -2.39. The molecule has 3 aromatic heterocycles. The zero-order chi connectivity index (χ0) is 24.1. The van der Waals surface area contributed by atoms with Gasteiger partial charge in [-0.2, -0.15) is 4.39 Å². The summed E-state index contributed by atoms with van der Waals surface area (Å²) in [7, 11) is 0. The number of halogens is 3. The van der Waals surface area contributed by atoms with Crippen LogP contribution in [0.25, 0.3) is 22.3 Å². The van der Waals surface area contributed by atoms with Crippen LogP contribution >= 0.6 is 23.2 Å². The minimum atomic E-state index is -0.617. The number of pyridine rings is 2. The van der Waals surface area contributed by atoms with E-state index in [0.717, 1.165) is 55.3 Å². The molecular formula is C26H30Cl2FN5O. The van der Waals surface area contributed by atoms with Crippen molar-refractivity contribution in [1.29, 1.82) is 0 Å². The molecule has 2 atom stereocenters. The monoisotopic (exact) mass is 517 g/mol. The van der Waals surface area contributed by atoms with Gasteiger partial charge in [-0.05, 0) is 50.0 Å². The molecular weight excluding hydrogens is 488 g/mol. The van der Waals surface area contributed by atoms with E-state index in [1.165, 1.54) is 31.9 Å². The summed E-state index contributed by atoms with van der Waals surface area (Å²) in [4.78, 5) is 16.0. The molecule has 3 fully saturated rings. The summed E-state index contributed by atoms with van der Waals surface area (Å²) in [5.74, 6) is 1.60. The third-order valence-corrected chi connectivity index (χ3v) is 8.45. The average Bonchev–Trinajstić information content (AvgIpc) is 3.46. The second-order valence-corrected chi connectivity index (χ2v) is 11.2. The van der Waals surface area contributed by atoms with Crippen molar-refractivity contribution in [1.82, 2.24) is 19.5 Å². The molecule has 9 heteroatoms. The van der Waals surface area contributed by atoms with Crippen molar-refractivity contribution in [2.75, 3.05) is 18.1 Å². The van der Waals surface area contributed by atoms with E-state index in [9.17, 15) is 4.39 Å². The molecule has 0 bridgehead atoms. The summed E-state index contributed by atoms with van der Waals surface area (Å²) >= 11 is 12.7. The molecule has 2 aliphatic carbocycles. The Hall–Kier alpha value is -1.96. The summed E-state index contributed by atoms with van der Waals surface area (Å²) in [5.41, 5.74) is 2.21. The lowest BCUT2D eigenvalue weighted by atomic mass is 9.83. The predicted molar refractivity (Wildman–Crippen MR) is 137 cm³/mol. The molecule has 3 aromatic rings. The van der Waals surface area contributed by atoms with Gasteiger partial charge in [0.05, 0.1) is 40.4 Å². The maximum atomic E-state index is 15.0. The first-order valence-corrected chi connectivity index (χ1v) is 13.5. The molecule has 3 aliphatic rings. The van der Waals surface area contributed by atoms with Crippen LogP contribution in [-0.4, -0.2) is 44.8 Å². The number of nitrogens with zero attached hydrogens (tertiary/aromatic N) is 5. The van der Waals surface area contributed by atoms with Crippen LogP contribution in [0.3, 0.4) is 0 Å². The second kappa shape index (κ2) is 9.49. The summed E-state index contributed by atoms with van der Waals surface area (Å²) in [5, 5.41) is 0.626. The predicted octanol–water partition coefficient (Wildman–Crippen LogP) is 6.52. The van der Waals surface area contributed by atoms with Crippen LogP contribution in [-0.2, 0) is 11.3 Å². The molecule has 0 spiro atoms. The number of fused-ring (bicyclic) bond motifs is 2. The van der Waals surface area contributed by atoms with E-state index >= 15 is 0 Å². The molecule has 0 unspecified atom stereocenters. The first kappa shape index (κ1) is 23.4. The van der Waals surface area contributed by atoms with E-state index in [2.05, 4.69) is 26.4 Å². The smallest absolute Gasteiger partial charge is 0.222 e. The van der Waals surface area contributed by atoms with Gasteiger partial charge in [-0.25, -0.2) is 15.0 Å². The van der Waals surface area contributed by atoms with Gasteiger partial charge in [-0.3, -0.25) is 0 Å². The van der Waals surface area contributed by atoms with Crippen LogP contribution in [0.5, 0.6) is 0 Å². The molecule has 1 saturated heterocycles. The minimum Gasteiger partial charge on any atom is -0.374 e. The van der Waals surface area contributed by atoms with Gasteiger partial charge in [-0.1, -0.05) is 43.0 Å². The third kappa shape index (κ3) is 4.40. The van der Waals surface area contributed by atoms with Gasteiger partial charge in [0.2, 0.25) is 11.9 Å². The number of morpholine rings is 1. The Labute approximate surface area is 214 Å². The Morgan fingerprint density at radius 1 is 1.09 bits per heavy atom. The van der Waals surface area contributed by atoms with E-state index in [1.807, 2.05) is 0 Å². The van der Waals surface area contributed by atoms with Crippen molar-refractivity contribution in [2.24, 2.45) is 11.8 Å². The summed E-state index contributed by atoms with van der Waals surface area (Å²) in [6.07, 6.45) is 9.71. The van der Waals surface area contributed by atoms with Crippen molar-refractivity contribution in [3.8, 4) is 11.3 Å². The zero-order valence-electron chi connectivity index (χ0n) is 19.9. The van der Waals surface area contributed by atoms with Crippen LogP contribution in [0, 0.1) is 17.8 Å². The number of hydrogen-bond donors (Lipinski definition) is 0. The second-order valence-electron chi connectivity index (χ2n) is 10.4. The van der Waals surface area contributed by atoms with E-state index < -0.39 is 5.95 Å².